The first-order chi connectivity index (χ1) is 16.3. The second kappa shape index (κ2) is 9.71. The normalized spacial score (nSPS) is 16.8. The Morgan fingerprint density at radius 3 is 2.76 bits per heavy atom. The van der Waals surface area contributed by atoms with Crippen LogP contribution in [0.25, 0.3) is 11.0 Å². The van der Waals surface area contributed by atoms with Gasteiger partial charge in [0.25, 0.3) is 0 Å². The van der Waals surface area contributed by atoms with Gasteiger partial charge in [-0.3, -0.25) is 9.83 Å². The van der Waals surface area contributed by atoms with Crippen LogP contribution in [-0.4, -0.2) is 78.2 Å². The van der Waals surface area contributed by atoms with Gasteiger partial charge in [0, 0.05) is 37.6 Å². The predicted octanol–water partition coefficient (Wildman–Crippen LogP) is 2.33. The van der Waals surface area contributed by atoms with Crippen LogP contribution in [0.1, 0.15) is 18.4 Å². The average Bonchev–Trinajstić information content (AvgIpc) is 2.81. The number of nitrogens with zero attached hydrogens (tertiary/aromatic N) is 4. The number of halogens is 3. The molecule has 1 amide bonds. The molecule has 0 saturated carbocycles. The minimum atomic E-state index is -5.11. The van der Waals surface area contributed by atoms with E-state index in [1.807, 2.05) is 4.90 Å². The summed E-state index contributed by atoms with van der Waals surface area (Å²) in [5, 5.41) is 12.0. The van der Waals surface area contributed by atoms with Crippen LogP contribution in [0.15, 0.2) is 43.6 Å². The number of fused-ring (bicyclic) bond motifs is 2. The van der Waals surface area contributed by atoms with Crippen LogP contribution in [0.3, 0.4) is 0 Å². The standard InChI is InChI=1S/C21H21F3N4O6/c22-21(23,24)17(26-34-20(31)28-8-2-7-27-6-1-5-25-19(27)28)15-11-13-3-4-14(32-10-9-29)12-16(13)33-18(15)30/h3-4,11-12,29H,1-2,5-10H2/b26-17-. The molecular weight excluding hydrogens is 461 g/mol. The van der Waals surface area contributed by atoms with E-state index >= 15 is 0 Å². The number of amides is 1. The van der Waals surface area contributed by atoms with Crippen molar-refractivity contribution in [3.8, 4) is 5.75 Å². The third-order valence-electron chi connectivity index (χ3n) is 5.20. The second-order valence-corrected chi connectivity index (χ2v) is 7.54. The number of oxime groups is 1. The summed E-state index contributed by atoms with van der Waals surface area (Å²) in [5.74, 6) is 0.605. The van der Waals surface area contributed by atoms with Crippen molar-refractivity contribution < 1.29 is 37.1 Å². The topological polar surface area (TPSA) is 117 Å². The second-order valence-electron chi connectivity index (χ2n) is 7.54. The number of aliphatic imine (C=N–C) groups is 1. The maximum Gasteiger partial charge on any atom is 0.442 e. The number of carbonyl (C=O) groups is 1. The largest absolute Gasteiger partial charge is 0.491 e. The van der Waals surface area contributed by atoms with E-state index < -0.39 is 29.2 Å². The fraction of sp³-hybridized carbons (Fsp3) is 0.429. The first kappa shape index (κ1) is 23.5. The Hall–Kier alpha value is -3.61. The van der Waals surface area contributed by atoms with Gasteiger partial charge < -0.3 is 19.2 Å². The zero-order valence-corrected chi connectivity index (χ0v) is 17.9. The van der Waals surface area contributed by atoms with E-state index in [4.69, 9.17) is 14.3 Å². The molecule has 1 N–H and O–H groups in total. The average molecular weight is 482 g/mol. The van der Waals surface area contributed by atoms with Crippen molar-refractivity contribution in [2.24, 2.45) is 10.1 Å². The molecule has 0 bridgehead atoms. The van der Waals surface area contributed by atoms with Crippen LogP contribution in [0.2, 0.25) is 0 Å². The van der Waals surface area contributed by atoms with Gasteiger partial charge in [-0.2, -0.15) is 13.2 Å². The summed E-state index contributed by atoms with van der Waals surface area (Å²) in [7, 11) is 0. The lowest BCUT2D eigenvalue weighted by molar-refractivity contribution is -0.0605. The Morgan fingerprint density at radius 1 is 1.21 bits per heavy atom. The molecule has 1 fully saturated rings. The van der Waals surface area contributed by atoms with Crippen LogP contribution in [0, 0.1) is 0 Å². The van der Waals surface area contributed by atoms with Crippen molar-refractivity contribution in [3.63, 3.8) is 0 Å². The number of alkyl halides is 3. The summed E-state index contributed by atoms with van der Waals surface area (Å²) in [6.07, 6.45) is -4.82. The van der Waals surface area contributed by atoms with Gasteiger partial charge in [-0.15, -0.1) is 0 Å². The van der Waals surface area contributed by atoms with Crippen LogP contribution in [-0.2, 0) is 4.84 Å². The van der Waals surface area contributed by atoms with E-state index in [-0.39, 0.29) is 36.5 Å². The van der Waals surface area contributed by atoms with Crippen LogP contribution >= 0.6 is 0 Å². The van der Waals surface area contributed by atoms with Crippen molar-refractivity contribution in [1.29, 1.82) is 0 Å². The monoisotopic (exact) mass is 482 g/mol. The molecule has 4 rings (SSSR count). The van der Waals surface area contributed by atoms with Crippen LogP contribution in [0.4, 0.5) is 18.0 Å². The van der Waals surface area contributed by atoms with Crippen molar-refractivity contribution in [1.82, 2.24) is 9.80 Å². The maximum atomic E-state index is 13.8. The van der Waals surface area contributed by atoms with E-state index in [9.17, 15) is 22.8 Å². The van der Waals surface area contributed by atoms with Gasteiger partial charge in [-0.25, -0.2) is 14.5 Å². The lowest BCUT2D eigenvalue weighted by Crippen LogP contribution is -2.54. The van der Waals surface area contributed by atoms with E-state index in [0.29, 0.717) is 32.0 Å². The molecule has 3 heterocycles. The van der Waals surface area contributed by atoms with Crippen LogP contribution < -0.4 is 10.4 Å². The van der Waals surface area contributed by atoms with Gasteiger partial charge in [0.2, 0.25) is 5.96 Å². The zero-order valence-electron chi connectivity index (χ0n) is 17.9. The molecule has 13 heteroatoms. The summed E-state index contributed by atoms with van der Waals surface area (Å²) in [6, 6.07) is 5.09. The van der Waals surface area contributed by atoms with Crippen LogP contribution in [0.5, 0.6) is 5.75 Å². The van der Waals surface area contributed by atoms with Gasteiger partial charge in [0.05, 0.1) is 12.2 Å². The third kappa shape index (κ3) is 4.98. The van der Waals surface area contributed by atoms with Gasteiger partial charge in [-0.1, -0.05) is 5.16 Å². The number of hydrogen-bond donors (Lipinski definition) is 1. The molecular formula is C21H21F3N4O6. The molecule has 1 aromatic heterocycles. The molecule has 34 heavy (non-hydrogen) atoms. The van der Waals surface area contributed by atoms with E-state index in [1.54, 1.807) is 0 Å². The SMILES string of the molecule is O=C(O/N=C(/c1cc2ccc(OCCO)cc2oc1=O)C(F)(F)F)N1CCCN2CCCN=C21. The highest BCUT2D eigenvalue weighted by Gasteiger charge is 2.41. The number of rotatable bonds is 5. The summed E-state index contributed by atoms with van der Waals surface area (Å²) < 4.78 is 51.5. The number of ether oxygens (including phenoxy) is 1. The molecule has 0 spiro atoms. The minimum Gasteiger partial charge on any atom is -0.491 e. The van der Waals surface area contributed by atoms with Gasteiger partial charge in [0.1, 0.15) is 17.9 Å². The van der Waals surface area contributed by atoms with Crippen molar-refractivity contribution in [2.75, 3.05) is 39.4 Å². The number of benzene rings is 1. The van der Waals surface area contributed by atoms with Gasteiger partial charge >= 0.3 is 17.9 Å². The summed E-state index contributed by atoms with van der Waals surface area (Å²) >= 11 is 0. The highest BCUT2D eigenvalue weighted by molar-refractivity contribution is 6.06. The molecule has 1 saturated heterocycles. The first-order valence-corrected chi connectivity index (χ1v) is 10.5. The molecule has 0 aliphatic carbocycles. The van der Waals surface area contributed by atoms with Crippen molar-refractivity contribution in [2.45, 2.75) is 19.0 Å². The molecule has 182 valence electrons. The minimum absolute atomic E-state index is 0.00866. The smallest absolute Gasteiger partial charge is 0.442 e. The fourth-order valence-corrected chi connectivity index (χ4v) is 3.70. The van der Waals surface area contributed by atoms with Gasteiger partial charge in [-0.05, 0) is 31.0 Å². The molecule has 1 aromatic carbocycles. The molecule has 2 aliphatic rings. The Bertz CT molecular complexity index is 1190. The third-order valence-corrected chi connectivity index (χ3v) is 5.20. The molecule has 0 atom stereocenters. The highest BCUT2D eigenvalue weighted by atomic mass is 19.4. The summed E-state index contributed by atoms with van der Waals surface area (Å²) in [4.78, 5) is 36.8. The Kier molecular flexibility index (Phi) is 6.72. The molecule has 0 unspecified atom stereocenters. The Balaban J connectivity index is 1.63. The number of aliphatic hydroxyl groups is 1. The number of carbonyl (C=O) groups excluding carboxylic acids is 1. The van der Waals surface area contributed by atoms with Gasteiger partial charge in [0.15, 0.2) is 5.71 Å². The quantitative estimate of drug-likeness (QED) is 0.301. The summed E-state index contributed by atoms with van der Waals surface area (Å²) in [5.41, 5.74) is -3.95. The van der Waals surface area contributed by atoms with Crippen molar-refractivity contribution in [3.05, 3.63) is 40.2 Å². The lowest BCUT2D eigenvalue weighted by Gasteiger charge is -2.38. The van der Waals surface area contributed by atoms with E-state index in [2.05, 4.69) is 15.0 Å². The molecule has 0 radical (unpaired) electrons. The summed E-state index contributed by atoms with van der Waals surface area (Å²) in [6.45, 7) is 1.84. The van der Waals surface area contributed by atoms with E-state index in [1.165, 1.54) is 18.2 Å². The lowest BCUT2D eigenvalue weighted by atomic mass is 10.1. The highest BCUT2D eigenvalue weighted by Crippen LogP contribution is 2.26. The number of aliphatic hydroxyl groups excluding tert-OH is 1. The predicted molar refractivity (Wildman–Crippen MR) is 114 cm³/mol. The maximum absolute atomic E-state index is 13.8. The van der Waals surface area contributed by atoms with Crippen molar-refractivity contribution >= 4 is 28.7 Å². The number of hydrogen-bond acceptors (Lipinski definition) is 9. The molecule has 2 aromatic rings. The molecule has 10 nitrogen and oxygen atoms in total. The fourth-order valence-electron chi connectivity index (χ4n) is 3.70. The Labute approximate surface area is 190 Å². The first-order valence-electron chi connectivity index (χ1n) is 10.5. The Morgan fingerprint density at radius 2 is 2.00 bits per heavy atom. The molecule has 2 aliphatic heterocycles. The zero-order chi connectivity index (χ0) is 24.3. The van der Waals surface area contributed by atoms with E-state index in [0.717, 1.165) is 17.4 Å². The number of guanidine groups is 1.